The van der Waals surface area contributed by atoms with Crippen molar-refractivity contribution in [3.8, 4) is 11.3 Å². The minimum absolute atomic E-state index is 0.136. The molecule has 0 aliphatic heterocycles. The highest BCUT2D eigenvalue weighted by atomic mass is 35.5. The maximum Gasteiger partial charge on any atom is 0.195 e. The lowest BCUT2D eigenvalue weighted by molar-refractivity contribution is 0.639. The second-order valence-electron chi connectivity index (χ2n) is 3.53. The third-order valence-corrected chi connectivity index (χ3v) is 2.75. The molecule has 0 bridgehead atoms. The molecule has 0 N–H and O–H groups in total. The summed E-state index contributed by atoms with van der Waals surface area (Å²) in [6.45, 7) is 0. The molecule has 2 aromatic heterocycles. The van der Waals surface area contributed by atoms with Crippen LogP contribution >= 0.6 is 11.6 Å². The highest BCUT2D eigenvalue weighted by Crippen LogP contribution is 2.24. The van der Waals surface area contributed by atoms with Crippen LogP contribution in [0, 0.1) is 5.82 Å². The summed E-state index contributed by atoms with van der Waals surface area (Å²) >= 11 is 5.92. The number of fused-ring (bicyclic) bond motifs is 1. The Balaban J connectivity index is 2.32. The van der Waals surface area contributed by atoms with Gasteiger partial charge in [0, 0.05) is 11.8 Å². The molecule has 2 heterocycles. The zero-order chi connectivity index (χ0) is 11.8. The van der Waals surface area contributed by atoms with Gasteiger partial charge in [-0.25, -0.2) is 13.9 Å². The topological polar surface area (TPSA) is 30.2 Å². The van der Waals surface area contributed by atoms with Gasteiger partial charge in [0.2, 0.25) is 0 Å². The summed E-state index contributed by atoms with van der Waals surface area (Å²) in [5.41, 5.74) is 1.09. The highest BCUT2D eigenvalue weighted by molar-refractivity contribution is 6.29. The molecule has 5 heteroatoms. The van der Waals surface area contributed by atoms with E-state index in [0.29, 0.717) is 10.7 Å². The summed E-state index contributed by atoms with van der Waals surface area (Å²) in [5.74, 6) is -0.460. The van der Waals surface area contributed by atoms with Gasteiger partial charge in [-0.2, -0.15) is 5.10 Å². The minimum Gasteiger partial charge on any atom is -0.234 e. The number of rotatable bonds is 1. The zero-order valence-electron chi connectivity index (χ0n) is 8.64. The van der Waals surface area contributed by atoms with E-state index in [2.05, 4.69) is 10.1 Å². The lowest BCUT2D eigenvalue weighted by Gasteiger charge is -1.94. The lowest BCUT2D eigenvalue weighted by Crippen LogP contribution is -1.90. The minimum atomic E-state index is -0.460. The normalized spacial score (nSPS) is 10.9. The molecule has 0 aliphatic carbocycles. The molecule has 0 fully saturated rings. The Kier molecular flexibility index (Phi) is 2.30. The summed E-state index contributed by atoms with van der Waals surface area (Å²) < 4.78 is 15.4. The van der Waals surface area contributed by atoms with Crippen molar-refractivity contribution in [2.45, 2.75) is 0 Å². The van der Waals surface area contributed by atoms with Crippen LogP contribution in [0.3, 0.4) is 0 Å². The first kappa shape index (κ1) is 10.2. The van der Waals surface area contributed by atoms with E-state index in [0.717, 1.165) is 0 Å². The maximum atomic E-state index is 14.1. The first-order chi connectivity index (χ1) is 8.27. The van der Waals surface area contributed by atoms with Gasteiger partial charge in [-0.05, 0) is 6.07 Å². The zero-order valence-corrected chi connectivity index (χ0v) is 9.39. The molecule has 0 saturated carbocycles. The molecule has 0 radical (unpaired) electrons. The van der Waals surface area contributed by atoms with Crippen LogP contribution in [0.5, 0.6) is 0 Å². The van der Waals surface area contributed by atoms with Crippen LogP contribution in [0.1, 0.15) is 0 Å². The Bertz CT molecular complexity index is 679. The Morgan fingerprint density at radius 1 is 1.12 bits per heavy atom. The Morgan fingerprint density at radius 2 is 1.88 bits per heavy atom. The molecule has 0 aliphatic rings. The Morgan fingerprint density at radius 3 is 2.59 bits per heavy atom. The van der Waals surface area contributed by atoms with Crippen LogP contribution in [0.2, 0.25) is 5.15 Å². The summed E-state index contributed by atoms with van der Waals surface area (Å²) in [6.07, 6.45) is 1.46. The number of hydrogen-bond acceptors (Lipinski definition) is 2. The van der Waals surface area contributed by atoms with Gasteiger partial charge in [-0.15, -0.1) is 0 Å². The van der Waals surface area contributed by atoms with Gasteiger partial charge in [-0.1, -0.05) is 41.9 Å². The molecule has 1 aromatic carbocycles. The number of aromatic nitrogens is 3. The summed E-state index contributed by atoms with van der Waals surface area (Å²) in [4.78, 5) is 3.93. The Hall–Kier alpha value is -1.94. The van der Waals surface area contributed by atoms with Gasteiger partial charge in [0.15, 0.2) is 11.5 Å². The molecule has 3 nitrogen and oxygen atoms in total. The quantitative estimate of drug-likeness (QED) is 0.618. The van der Waals surface area contributed by atoms with Crippen LogP contribution in [0.4, 0.5) is 4.39 Å². The van der Waals surface area contributed by atoms with Crippen molar-refractivity contribution >= 4 is 17.2 Å². The van der Waals surface area contributed by atoms with Crippen LogP contribution in [-0.2, 0) is 0 Å². The second kappa shape index (κ2) is 3.82. The molecule has 0 unspecified atom stereocenters. The average molecular weight is 248 g/mol. The van der Waals surface area contributed by atoms with Gasteiger partial charge < -0.3 is 0 Å². The monoisotopic (exact) mass is 247 g/mol. The van der Waals surface area contributed by atoms with Crippen molar-refractivity contribution in [1.82, 2.24) is 14.6 Å². The second-order valence-corrected chi connectivity index (χ2v) is 3.92. The van der Waals surface area contributed by atoms with E-state index in [1.807, 2.05) is 18.2 Å². The van der Waals surface area contributed by atoms with E-state index in [1.54, 1.807) is 18.2 Å². The van der Waals surface area contributed by atoms with E-state index in [9.17, 15) is 4.39 Å². The van der Waals surface area contributed by atoms with E-state index in [4.69, 9.17) is 11.6 Å². The van der Waals surface area contributed by atoms with E-state index in [-0.39, 0.29) is 11.3 Å². The largest absolute Gasteiger partial charge is 0.234 e. The van der Waals surface area contributed by atoms with Crippen LogP contribution < -0.4 is 0 Å². The van der Waals surface area contributed by atoms with Gasteiger partial charge in [0.25, 0.3) is 0 Å². The molecule has 0 amide bonds. The summed E-state index contributed by atoms with van der Waals surface area (Å²) in [6, 6.07) is 10.7. The van der Waals surface area contributed by atoms with Gasteiger partial charge in [0.05, 0.1) is 0 Å². The van der Waals surface area contributed by atoms with E-state index in [1.165, 1.54) is 10.7 Å². The number of nitrogens with zero attached hydrogens (tertiary/aromatic N) is 3. The standard InChI is InChI=1S/C12H7ClFN3/c13-9-6-7-15-12-10(14)11(16-17(9)12)8-4-2-1-3-5-8/h1-7H. The molecule has 0 atom stereocenters. The fourth-order valence-corrected chi connectivity index (χ4v) is 1.85. The third-order valence-electron chi connectivity index (χ3n) is 2.46. The fraction of sp³-hybridized carbons (Fsp3) is 0. The van der Waals surface area contributed by atoms with Crippen LogP contribution in [-0.4, -0.2) is 14.6 Å². The molecular weight excluding hydrogens is 241 g/mol. The first-order valence-electron chi connectivity index (χ1n) is 5.01. The van der Waals surface area contributed by atoms with E-state index < -0.39 is 5.82 Å². The van der Waals surface area contributed by atoms with Gasteiger partial charge >= 0.3 is 0 Å². The molecule has 3 rings (SSSR count). The summed E-state index contributed by atoms with van der Waals surface area (Å²) in [7, 11) is 0. The molecule has 0 spiro atoms. The third kappa shape index (κ3) is 1.57. The average Bonchev–Trinajstić information content (AvgIpc) is 2.70. The van der Waals surface area contributed by atoms with Crippen molar-refractivity contribution in [2.75, 3.05) is 0 Å². The fourth-order valence-electron chi connectivity index (χ4n) is 1.67. The molecule has 84 valence electrons. The molecule has 3 aromatic rings. The molecular formula is C12H7ClFN3. The highest BCUT2D eigenvalue weighted by Gasteiger charge is 2.16. The number of halogens is 2. The number of hydrogen-bond donors (Lipinski definition) is 0. The SMILES string of the molecule is Fc1c(-c2ccccc2)nn2c(Cl)ccnc12. The lowest BCUT2D eigenvalue weighted by atomic mass is 10.1. The maximum absolute atomic E-state index is 14.1. The smallest absolute Gasteiger partial charge is 0.195 e. The van der Waals surface area contributed by atoms with Crippen LogP contribution in [0.15, 0.2) is 42.6 Å². The van der Waals surface area contributed by atoms with E-state index >= 15 is 0 Å². The van der Waals surface area contributed by atoms with Gasteiger partial charge in [-0.3, -0.25) is 0 Å². The first-order valence-corrected chi connectivity index (χ1v) is 5.39. The number of benzene rings is 1. The van der Waals surface area contributed by atoms with Gasteiger partial charge in [0.1, 0.15) is 10.8 Å². The predicted octanol–water partition coefficient (Wildman–Crippen LogP) is 3.19. The van der Waals surface area contributed by atoms with Crippen molar-refractivity contribution in [3.63, 3.8) is 0 Å². The Labute approximate surface area is 101 Å². The van der Waals surface area contributed by atoms with Crippen molar-refractivity contribution < 1.29 is 4.39 Å². The predicted molar refractivity (Wildman–Crippen MR) is 63.4 cm³/mol. The van der Waals surface area contributed by atoms with Crippen LogP contribution in [0.25, 0.3) is 16.9 Å². The molecule has 0 saturated heterocycles. The summed E-state index contributed by atoms with van der Waals surface area (Å²) in [5, 5.41) is 4.46. The van der Waals surface area contributed by atoms with Crippen molar-refractivity contribution in [3.05, 3.63) is 53.6 Å². The van der Waals surface area contributed by atoms with Crippen molar-refractivity contribution in [2.24, 2.45) is 0 Å². The molecule has 17 heavy (non-hydrogen) atoms. The van der Waals surface area contributed by atoms with Crippen molar-refractivity contribution in [1.29, 1.82) is 0 Å².